The van der Waals surface area contributed by atoms with Gasteiger partial charge in [0.2, 0.25) is 0 Å². The molecule has 3 rings (SSSR count). The van der Waals surface area contributed by atoms with Crippen molar-refractivity contribution in [3.63, 3.8) is 0 Å². The molecule has 0 bridgehead atoms. The van der Waals surface area contributed by atoms with Gasteiger partial charge in [-0.1, -0.05) is 23.7 Å². The molecule has 2 aromatic carbocycles. The van der Waals surface area contributed by atoms with E-state index in [4.69, 9.17) is 16.3 Å². The molecule has 148 valence electrons. The second-order valence-electron chi connectivity index (χ2n) is 7.99. The minimum atomic E-state index is -0.487. The van der Waals surface area contributed by atoms with Crippen molar-refractivity contribution in [1.82, 2.24) is 4.90 Å². The monoisotopic (exact) mass is 400 g/mol. The highest BCUT2D eigenvalue weighted by Crippen LogP contribution is 2.29. The third-order valence-electron chi connectivity index (χ3n) is 4.59. The number of nitrogens with one attached hydrogen (secondary N) is 1. The summed E-state index contributed by atoms with van der Waals surface area (Å²) in [6, 6.07) is 14.5. The molecule has 1 aliphatic rings. The second-order valence-corrected chi connectivity index (χ2v) is 8.43. The minimum Gasteiger partial charge on any atom is -0.444 e. The fraction of sp³-hybridized carbons (Fsp3) is 0.364. The summed E-state index contributed by atoms with van der Waals surface area (Å²) in [4.78, 5) is 26.3. The Morgan fingerprint density at radius 3 is 2.32 bits per heavy atom. The third-order valence-corrected chi connectivity index (χ3v) is 4.84. The number of anilines is 1. The van der Waals surface area contributed by atoms with Crippen LogP contribution in [0.5, 0.6) is 0 Å². The van der Waals surface area contributed by atoms with Gasteiger partial charge in [-0.3, -0.25) is 4.79 Å². The average molecular weight is 401 g/mol. The van der Waals surface area contributed by atoms with Crippen LogP contribution in [0, 0.1) is 0 Å². The Morgan fingerprint density at radius 1 is 1.07 bits per heavy atom. The quantitative estimate of drug-likeness (QED) is 0.758. The van der Waals surface area contributed by atoms with E-state index in [2.05, 4.69) is 5.32 Å². The summed E-state index contributed by atoms with van der Waals surface area (Å²) in [5.74, 6) is 0.0925. The number of carbonyl (C=O) groups is 2. The highest BCUT2D eigenvalue weighted by Gasteiger charge is 2.30. The van der Waals surface area contributed by atoms with Crippen LogP contribution in [-0.4, -0.2) is 35.6 Å². The molecular formula is C22H25ClN2O3. The van der Waals surface area contributed by atoms with Crippen LogP contribution in [0.3, 0.4) is 0 Å². The second kappa shape index (κ2) is 8.23. The van der Waals surface area contributed by atoms with Gasteiger partial charge in [0.25, 0.3) is 5.91 Å². The van der Waals surface area contributed by atoms with E-state index in [1.165, 1.54) is 0 Å². The van der Waals surface area contributed by atoms with Crippen LogP contribution in [0.1, 0.15) is 49.0 Å². The Hall–Kier alpha value is -2.53. The predicted octanol–water partition coefficient (Wildman–Crippen LogP) is 5.32. The normalized spacial score (nSPS) is 16.7. The molecule has 0 aliphatic carbocycles. The smallest absolute Gasteiger partial charge is 0.410 e. The first-order valence-electron chi connectivity index (χ1n) is 9.36. The molecule has 1 heterocycles. The molecule has 0 spiro atoms. The van der Waals surface area contributed by atoms with Crippen molar-refractivity contribution in [3.8, 4) is 0 Å². The number of halogens is 1. The zero-order valence-electron chi connectivity index (χ0n) is 16.4. The summed E-state index contributed by atoms with van der Waals surface area (Å²) in [6.45, 7) is 6.94. The number of ether oxygens (including phenoxy) is 1. The predicted molar refractivity (Wildman–Crippen MR) is 111 cm³/mol. The first kappa shape index (κ1) is 20.2. The zero-order valence-corrected chi connectivity index (χ0v) is 17.1. The molecule has 6 heteroatoms. The summed E-state index contributed by atoms with van der Waals surface area (Å²) in [7, 11) is 0. The maximum Gasteiger partial charge on any atom is 0.410 e. The molecule has 0 aromatic heterocycles. The molecule has 0 saturated carbocycles. The summed E-state index contributed by atoms with van der Waals surface area (Å²) in [6.07, 6.45) is 0.636. The molecule has 1 fully saturated rings. The van der Waals surface area contributed by atoms with Gasteiger partial charge in [0.1, 0.15) is 5.60 Å². The van der Waals surface area contributed by atoms with Gasteiger partial charge in [0, 0.05) is 35.3 Å². The lowest BCUT2D eigenvalue weighted by Crippen LogP contribution is -2.35. The lowest BCUT2D eigenvalue weighted by atomic mass is 9.98. The molecule has 1 aliphatic heterocycles. The Bertz CT molecular complexity index is 842. The molecule has 1 saturated heterocycles. The van der Waals surface area contributed by atoms with E-state index in [0.717, 1.165) is 17.7 Å². The van der Waals surface area contributed by atoms with Gasteiger partial charge < -0.3 is 15.0 Å². The highest BCUT2D eigenvalue weighted by molar-refractivity contribution is 6.30. The molecule has 1 N–H and O–H groups in total. The lowest BCUT2D eigenvalue weighted by molar-refractivity contribution is 0.0292. The van der Waals surface area contributed by atoms with Crippen LogP contribution < -0.4 is 5.32 Å². The third kappa shape index (κ3) is 5.26. The van der Waals surface area contributed by atoms with Crippen molar-refractivity contribution in [3.05, 3.63) is 64.7 Å². The van der Waals surface area contributed by atoms with Crippen LogP contribution in [0.4, 0.5) is 10.5 Å². The molecule has 28 heavy (non-hydrogen) atoms. The van der Waals surface area contributed by atoms with Crippen molar-refractivity contribution < 1.29 is 14.3 Å². The van der Waals surface area contributed by atoms with E-state index >= 15 is 0 Å². The van der Waals surface area contributed by atoms with Crippen molar-refractivity contribution in [2.45, 2.75) is 38.7 Å². The van der Waals surface area contributed by atoms with Gasteiger partial charge >= 0.3 is 6.09 Å². The fourth-order valence-electron chi connectivity index (χ4n) is 3.17. The Kier molecular flexibility index (Phi) is 5.94. The first-order chi connectivity index (χ1) is 13.2. The van der Waals surface area contributed by atoms with Gasteiger partial charge in [-0.25, -0.2) is 4.79 Å². The van der Waals surface area contributed by atoms with Gasteiger partial charge in [-0.05, 0) is 69.2 Å². The summed E-state index contributed by atoms with van der Waals surface area (Å²) < 4.78 is 5.45. The number of rotatable bonds is 3. The molecule has 0 radical (unpaired) electrons. The molecule has 1 atom stereocenters. The van der Waals surface area contributed by atoms with E-state index in [1.54, 1.807) is 29.2 Å². The van der Waals surface area contributed by atoms with Gasteiger partial charge in [-0.15, -0.1) is 0 Å². The number of carbonyl (C=O) groups excluding carboxylic acids is 2. The van der Waals surface area contributed by atoms with Crippen LogP contribution in [0.25, 0.3) is 0 Å². The number of hydrogen-bond donors (Lipinski definition) is 1. The van der Waals surface area contributed by atoms with E-state index in [-0.39, 0.29) is 17.9 Å². The fourth-order valence-corrected chi connectivity index (χ4v) is 3.29. The number of hydrogen-bond acceptors (Lipinski definition) is 3. The van der Waals surface area contributed by atoms with Crippen LogP contribution in [-0.2, 0) is 4.74 Å². The van der Waals surface area contributed by atoms with Crippen molar-refractivity contribution in [2.24, 2.45) is 0 Å². The molecular weight excluding hydrogens is 376 g/mol. The highest BCUT2D eigenvalue weighted by atomic mass is 35.5. The van der Waals surface area contributed by atoms with E-state index in [1.807, 2.05) is 45.0 Å². The topological polar surface area (TPSA) is 58.6 Å². The van der Waals surface area contributed by atoms with Gasteiger partial charge in [0.15, 0.2) is 0 Å². The molecule has 2 amide bonds. The van der Waals surface area contributed by atoms with Gasteiger partial charge in [0.05, 0.1) is 0 Å². The maximum atomic E-state index is 12.3. The number of nitrogens with zero attached hydrogens (tertiary/aromatic N) is 1. The standard InChI is InChI=1S/C22H25ClN2O3/c1-22(2,3)28-21(27)25-13-12-17(14-25)15-6-10-19(11-7-15)24-20(26)16-4-8-18(23)9-5-16/h4-11,17H,12-14H2,1-3H3,(H,24,26)/t17-/m1/s1. The van der Waals surface area contributed by atoms with Crippen molar-refractivity contribution >= 4 is 29.3 Å². The van der Waals surface area contributed by atoms with E-state index < -0.39 is 5.60 Å². The molecule has 2 aromatic rings. The maximum absolute atomic E-state index is 12.3. The van der Waals surface area contributed by atoms with E-state index in [9.17, 15) is 9.59 Å². The zero-order chi connectivity index (χ0) is 20.3. The number of benzene rings is 2. The average Bonchev–Trinajstić information content (AvgIpc) is 3.12. The summed E-state index contributed by atoms with van der Waals surface area (Å²) >= 11 is 5.85. The number of amides is 2. The number of likely N-dealkylation sites (tertiary alicyclic amines) is 1. The van der Waals surface area contributed by atoms with Gasteiger partial charge in [-0.2, -0.15) is 0 Å². The lowest BCUT2D eigenvalue weighted by Gasteiger charge is -2.24. The SMILES string of the molecule is CC(C)(C)OC(=O)N1CC[C@@H](c2ccc(NC(=O)c3ccc(Cl)cc3)cc2)C1. The van der Waals surface area contributed by atoms with Crippen molar-refractivity contribution in [2.75, 3.05) is 18.4 Å². The molecule has 5 nitrogen and oxygen atoms in total. The van der Waals surface area contributed by atoms with Crippen LogP contribution in [0.15, 0.2) is 48.5 Å². The summed E-state index contributed by atoms with van der Waals surface area (Å²) in [5.41, 5.74) is 1.94. The van der Waals surface area contributed by atoms with Crippen LogP contribution >= 0.6 is 11.6 Å². The Labute approximate surface area is 170 Å². The van der Waals surface area contributed by atoms with E-state index in [0.29, 0.717) is 23.7 Å². The largest absolute Gasteiger partial charge is 0.444 e. The van der Waals surface area contributed by atoms with Crippen LogP contribution in [0.2, 0.25) is 5.02 Å². The minimum absolute atomic E-state index is 0.179. The summed E-state index contributed by atoms with van der Waals surface area (Å²) in [5, 5.41) is 3.48. The van der Waals surface area contributed by atoms with Crippen molar-refractivity contribution in [1.29, 1.82) is 0 Å². The first-order valence-corrected chi connectivity index (χ1v) is 9.74. The Balaban J connectivity index is 1.58. The molecule has 0 unspecified atom stereocenters. The Morgan fingerprint density at radius 2 is 1.71 bits per heavy atom.